The Labute approximate surface area is 151 Å². The van der Waals surface area contributed by atoms with Crippen LogP contribution in [0.15, 0.2) is 0 Å². The van der Waals surface area contributed by atoms with Crippen molar-refractivity contribution in [2.45, 2.75) is 77.7 Å². The lowest BCUT2D eigenvalue weighted by Crippen LogP contribution is -2.54. The Balaban J connectivity index is 1.56. The largest absolute Gasteiger partial charge is 0.446 e. The maximum Gasteiger partial charge on any atom is 0.407 e. The summed E-state index contributed by atoms with van der Waals surface area (Å²) in [7, 11) is 1.64. The highest BCUT2D eigenvalue weighted by Crippen LogP contribution is 2.66. The molecule has 7 atom stereocenters. The fraction of sp³-hybridized carbons (Fsp3) is 0.905. The van der Waals surface area contributed by atoms with Gasteiger partial charge in [-0.05, 0) is 74.0 Å². The molecule has 4 aliphatic rings. The normalized spacial score (nSPS) is 48.9. The van der Waals surface area contributed by atoms with Crippen LogP contribution in [0.4, 0.5) is 4.79 Å². The zero-order valence-corrected chi connectivity index (χ0v) is 16.0. The summed E-state index contributed by atoms with van der Waals surface area (Å²) in [6, 6.07) is 0. The van der Waals surface area contributed by atoms with Crippen molar-refractivity contribution in [3.63, 3.8) is 0 Å². The number of alkyl carbamates (subject to hydrolysis) is 1. The number of carbonyl (C=O) groups is 2. The standard InChI is InChI=1S/C21H33NO3/c1-20-10-8-14(23)12-13(20)4-5-15-16-6-7-18(25-19(24)22-3)21(16,2)11-9-17(15)20/h13,15-18H,4-12H2,1-3H3,(H,22,24). The molecule has 0 aromatic heterocycles. The topological polar surface area (TPSA) is 55.4 Å². The van der Waals surface area contributed by atoms with E-state index < -0.39 is 0 Å². The third kappa shape index (κ3) is 2.54. The van der Waals surface area contributed by atoms with Gasteiger partial charge in [-0.25, -0.2) is 4.79 Å². The summed E-state index contributed by atoms with van der Waals surface area (Å²) in [5.74, 6) is 3.29. The van der Waals surface area contributed by atoms with Crippen LogP contribution >= 0.6 is 0 Å². The summed E-state index contributed by atoms with van der Waals surface area (Å²) < 4.78 is 5.76. The lowest BCUT2D eigenvalue weighted by molar-refractivity contribution is -0.142. The van der Waals surface area contributed by atoms with Gasteiger partial charge in [0.2, 0.25) is 0 Å². The van der Waals surface area contributed by atoms with Crippen molar-refractivity contribution in [3.05, 3.63) is 0 Å². The molecular formula is C21H33NO3. The number of ketones is 1. The molecule has 4 nitrogen and oxygen atoms in total. The minimum Gasteiger partial charge on any atom is -0.446 e. The highest BCUT2D eigenvalue weighted by Gasteiger charge is 2.61. The van der Waals surface area contributed by atoms with Gasteiger partial charge in [-0.3, -0.25) is 4.79 Å². The van der Waals surface area contributed by atoms with E-state index >= 15 is 0 Å². The molecule has 0 bridgehead atoms. The van der Waals surface area contributed by atoms with E-state index in [0.29, 0.717) is 23.0 Å². The number of fused-ring (bicyclic) bond motifs is 5. The van der Waals surface area contributed by atoms with Gasteiger partial charge >= 0.3 is 6.09 Å². The van der Waals surface area contributed by atoms with Gasteiger partial charge < -0.3 is 10.1 Å². The Hall–Kier alpha value is -1.06. The van der Waals surface area contributed by atoms with Crippen molar-refractivity contribution in [2.75, 3.05) is 7.05 Å². The molecule has 1 amide bonds. The summed E-state index contributed by atoms with van der Waals surface area (Å²) in [5, 5.41) is 2.62. The van der Waals surface area contributed by atoms with Crippen LogP contribution in [0.5, 0.6) is 0 Å². The van der Waals surface area contributed by atoms with Gasteiger partial charge in [0.25, 0.3) is 0 Å². The fourth-order valence-corrected chi connectivity index (χ4v) is 7.38. The van der Waals surface area contributed by atoms with Gasteiger partial charge in [0.05, 0.1) is 0 Å². The molecule has 25 heavy (non-hydrogen) atoms. The first-order valence-electron chi connectivity index (χ1n) is 10.3. The molecule has 0 aromatic carbocycles. The fourth-order valence-electron chi connectivity index (χ4n) is 7.38. The number of nitrogens with one attached hydrogen (secondary N) is 1. The smallest absolute Gasteiger partial charge is 0.407 e. The number of ether oxygens (including phenoxy) is 1. The van der Waals surface area contributed by atoms with E-state index in [0.717, 1.165) is 43.9 Å². The molecule has 7 unspecified atom stereocenters. The first-order valence-corrected chi connectivity index (χ1v) is 10.3. The van der Waals surface area contributed by atoms with Crippen LogP contribution in [0.25, 0.3) is 0 Å². The average molecular weight is 347 g/mol. The molecule has 140 valence electrons. The summed E-state index contributed by atoms with van der Waals surface area (Å²) in [6.45, 7) is 4.85. The maximum absolute atomic E-state index is 12.0. The van der Waals surface area contributed by atoms with Crippen LogP contribution in [0.2, 0.25) is 0 Å². The molecule has 4 rings (SSSR count). The van der Waals surface area contributed by atoms with Crippen molar-refractivity contribution in [2.24, 2.45) is 34.5 Å². The van der Waals surface area contributed by atoms with Crippen LogP contribution in [0.3, 0.4) is 0 Å². The first-order chi connectivity index (χ1) is 11.9. The van der Waals surface area contributed by atoms with Crippen LogP contribution in [-0.4, -0.2) is 25.0 Å². The molecule has 4 saturated carbocycles. The van der Waals surface area contributed by atoms with Crippen LogP contribution in [0.1, 0.15) is 71.6 Å². The predicted molar refractivity (Wildman–Crippen MR) is 96.1 cm³/mol. The third-order valence-corrected chi connectivity index (χ3v) is 8.85. The molecule has 4 heteroatoms. The quantitative estimate of drug-likeness (QED) is 0.768. The van der Waals surface area contributed by atoms with Crippen molar-refractivity contribution >= 4 is 11.9 Å². The molecule has 0 aromatic rings. The molecule has 0 saturated heterocycles. The second-order valence-electron chi connectivity index (χ2n) is 9.67. The minimum absolute atomic E-state index is 0.0665. The lowest BCUT2D eigenvalue weighted by Gasteiger charge is -2.60. The van der Waals surface area contributed by atoms with Gasteiger partial charge in [-0.1, -0.05) is 13.8 Å². The van der Waals surface area contributed by atoms with Gasteiger partial charge in [0.15, 0.2) is 0 Å². The van der Waals surface area contributed by atoms with Gasteiger partial charge in [0, 0.05) is 25.3 Å². The first kappa shape index (κ1) is 17.4. The molecule has 0 aliphatic heterocycles. The Kier molecular flexibility index (Phi) is 4.16. The highest BCUT2D eigenvalue weighted by atomic mass is 16.6. The number of Topliss-reactive ketones (excluding diaryl/α,β-unsaturated/α-hetero) is 1. The second-order valence-corrected chi connectivity index (χ2v) is 9.67. The third-order valence-electron chi connectivity index (χ3n) is 8.85. The second kappa shape index (κ2) is 5.99. The van der Waals surface area contributed by atoms with Gasteiger partial charge in [0.1, 0.15) is 11.9 Å². The van der Waals surface area contributed by atoms with E-state index in [-0.39, 0.29) is 17.6 Å². The Morgan fingerprint density at radius 1 is 1.04 bits per heavy atom. The summed E-state index contributed by atoms with van der Waals surface area (Å²) in [4.78, 5) is 23.7. The van der Waals surface area contributed by atoms with E-state index in [9.17, 15) is 9.59 Å². The number of amides is 1. The zero-order valence-electron chi connectivity index (χ0n) is 16.0. The summed E-state index contributed by atoms with van der Waals surface area (Å²) in [6.07, 6.45) is 9.59. The number of carbonyl (C=O) groups excluding carboxylic acids is 2. The van der Waals surface area contributed by atoms with Crippen molar-refractivity contribution < 1.29 is 14.3 Å². The Morgan fingerprint density at radius 3 is 2.56 bits per heavy atom. The SMILES string of the molecule is CNC(=O)OC1CCC2C3CCC4CC(=O)CCC4(C)C3CCC12C. The van der Waals surface area contributed by atoms with E-state index in [1.807, 2.05) is 0 Å². The van der Waals surface area contributed by atoms with E-state index in [2.05, 4.69) is 19.2 Å². The van der Waals surface area contributed by atoms with Crippen molar-refractivity contribution in [3.8, 4) is 0 Å². The Morgan fingerprint density at radius 2 is 1.80 bits per heavy atom. The molecule has 0 heterocycles. The van der Waals surface area contributed by atoms with Gasteiger partial charge in [-0.2, -0.15) is 0 Å². The summed E-state index contributed by atoms with van der Waals surface area (Å²) in [5.41, 5.74) is 0.499. The number of rotatable bonds is 1. The molecule has 0 radical (unpaired) electrons. The molecular weight excluding hydrogens is 314 g/mol. The van der Waals surface area contributed by atoms with E-state index in [1.54, 1.807) is 7.05 Å². The van der Waals surface area contributed by atoms with Crippen LogP contribution < -0.4 is 5.32 Å². The van der Waals surface area contributed by atoms with E-state index in [4.69, 9.17) is 4.74 Å². The lowest BCUT2D eigenvalue weighted by atomic mass is 9.45. The van der Waals surface area contributed by atoms with Crippen LogP contribution in [-0.2, 0) is 9.53 Å². The highest BCUT2D eigenvalue weighted by molar-refractivity contribution is 5.79. The minimum atomic E-state index is -0.282. The predicted octanol–water partition coefficient (Wildman–Crippen LogP) is 4.32. The maximum atomic E-state index is 12.0. The molecule has 0 spiro atoms. The monoisotopic (exact) mass is 347 g/mol. The molecule has 1 N–H and O–H groups in total. The van der Waals surface area contributed by atoms with Crippen LogP contribution in [0, 0.1) is 34.5 Å². The molecule has 4 aliphatic carbocycles. The molecule has 4 fully saturated rings. The number of hydrogen-bond donors (Lipinski definition) is 1. The van der Waals surface area contributed by atoms with E-state index in [1.165, 1.54) is 25.7 Å². The summed E-state index contributed by atoms with van der Waals surface area (Å²) >= 11 is 0. The van der Waals surface area contributed by atoms with Gasteiger partial charge in [-0.15, -0.1) is 0 Å². The Bertz CT molecular complexity index is 575. The van der Waals surface area contributed by atoms with Crippen molar-refractivity contribution in [1.29, 1.82) is 0 Å². The average Bonchev–Trinajstić information content (AvgIpc) is 2.92. The van der Waals surface area contributed by atoms with Crippen molar-refractivity contribution in [1.82, 2.24) is 5.32 Å². The number of hydrogen-bond acceptors (Lipinski definition) is 3. The zero-order chi connectivity index (χ0) is 17.8.